The number of nitrogens with one attached hydrogen (secondary N) is 1. The molecule has 1 aliphatic rings. The summed E-state index contributed by atoms with van der Waals surface area (Å²) in [6.07, 6.45) is 7.36. The van der Waals surface area contributed by atoms with Crippen molar-refractivity contribution in [3.8, 4) is 11.6 Å². The third kappa shape index (κ3) is 3.07. The van der Waals surface area contributed by atoms with Crippen LogP contribution in [-0.4, -0.2) is 30.6 Å². The van der Waals surface area contributed by atoms with Gasteiger partial charge in [0.15, 0.2) is 5.82 Å². The smallest absolute Gasteiger partial charge is 0.260 e. The number of nitrogens with two attached hydrogens (primary N) is 1. The van der Waals surface area contributed by atoms with Crippen LogP contribution in [0.5, 0.6) is 0 Å². The Labute approximate surface area is 147 Å². The van der Waals surface area contributed by atoms with Crippen LogP contribution in [0.1, 0.15) is 43.6 Å². The predicted molar refractivity (Wildman–Crippen MR) is 94.3 cm³/mol. The molecule has 0 bridgehead atoms. The molecule has 25 heavy (non-hydrogen) atoms. The van der Waals surface area contributed by atoms with Crippen LogP contribution in [0.2, 0.25) is 0 Å². The lowest BCUT2D eigenvalue weighted by molar-refractivity contribution is -0.118. The van der Waals surface area contributed by atoms with E-state index >= 15 is 0 Å². The standard InChI is InChI=1S/C16H18N6O2S/c17-11(23)6-22-8-18-13(21-22)14-19-15(24)12-10(7-25-16(12)20-14)9-4-2-1-3-5-9/h7-9H,1-6H2,(H2,17,23)(H,19,20,24). The molecular weight excluding hydrogens is 340 g/mol. The van der Waals surface area contributed by atoms with Crippen LogP contribution >= 0.6 is 11.3 Å². The number of primary amides is 1. The molecule has 1 fully saturated rings. The van der Waals surface area contributed by atoms with Crippen LogP contribution in [0.25, 0.3) is 21.9 Å². The molecule has 3 N–H and O–H groups in total. The molecule has 0 aromatic carbocycles. The summed E-state index contributed by atoms with van der Waals surface area (Å²) in [4.78, 5) is 35.7. The van der Waals surface area contributed by atoms with E-state index in [9.17, 15) is 9.59 Å². The summed E-state index contributed by atoms with van der Waals surface area (Å²) in [5.74, 6) is 0.513. The number of carbonyl (C=O) groups is 1. The molecular formula is C16H18N6O2S. The van der Waals surface area contributed by atoms with Crippen molar-refractivity contribution in [2.45, 2.75) is 44.6 Å². The van der Waals surface area contributed by atoms with Gasteiger partial charge in [-0.1, -0.05) is 19.3 Å². The average molecular weight is 358 g/mol. The Kier molecular flexibility index (Phi) is 4.08. The summed E-state index contributed by atoms with van der Waals surface area (Å²) in [5, 5.41) is 6.90. The Morgan fingerprint density at radius 1 is 1.36 bits per heavy atom. The maximum Gasteiger partial charge on any atom is 0.260 e. The van der Waals surface area contributed by atoms with Gasteiger partial charge in [-0.05, 0) is 29.7 Å². The number of rotatable bonds is 4. The van der Waals surface area contributed by atoms with Gasteiger partial charge in [0, 0.05) is 0 Å². The molecule has 0 spiro atoms. The minimum absolute atomic E-state index is 0.0652. The summed E-state index contributed by atoms with van der Waals surface area (Å²) in [5.41, 5.74) is 6.10. The summed E-state index contributed by atoms with van der Waals surface area (Å²) in [6, 6.07) is 0. The van der Waals surface area contributed by atoms with Gasteiger partial charge in [0.05, 0.1) is 5.39 Å². The molecule has 1 aliphatic carbocycles. The first kappa shape index (κ1) is 15.9. The number of hydrogen-bond acceptors (Lipinski definition) is 6. The molecule has 3 heterocycles. The molecule has 8 nitrogen and oxygen atoms in total. The Morgan fingerprint density at radius 3 is 2.92 bits per heavy atom. The molecule has 1 amide bonds. The number of H-pyrrole nitrogens is 1. The van der Waals surface area contributed by atoms with Crippen LogP contribution in [-0.2, 0) is 11.3 Å². The van der Waals surface area contributed by atoms with E-state index < -0.39 is 5.91 Å². The third-order valence-electron chi connectivity index (χ3n) is 4.58. The highest BCUT2D eigenvalue weighted by molar-refractivity contribution is 7.16. The lowest BCUT2D eigenvalue weighted by atomic mass is 9.84. The maximum atomic E-state index is 12.7. The summed E-state index contributed by atoms with van der Waals surface area (Å²) in [6.45, 7) is -0.0652. The van der Waals surface area contributed by atoms with Gasteiger partial charge >= 0.3 is 0 Å². The van der Waals surface area contributed by atoms with Gasteiger partial charge in [-0.2, -0.15) is 0 Å². The number of aromatic nitrogens is 5. The molecule has 0 radical (unpaired) electrons. The van der Waals surface area contributed by atoms with Gasteiger partial charge in [-0.25, -0.2) is 14.6 Å². The molecule has 4 rings (SSSR count). The second-order valence-corrected chi connectivity index (χ2v) is 7.21. The first-order valence-corrected chi connectivity index (χ1v) is 9.19. The van der Waals surface area contributed by atoms with Crippen LogP contribution < -0.4 is 11.3 Å². The minimum Gasteiger partial charge on any atom is -0.368 e. The number of fused-ring (bicyclic) bond motifs is 1. The van der Waals surface area contributed by atoms with Crippen molar-refractivity contribution < 1.29 is 4.79 Å². The fourth-order valence-electron chi connectivity index (χ4n) is 3.43. The number of aromatic amines is 1. The van der Waals surface area contributed by atoms with Crippen molar-refractivity contribution in [3.63, 3.8) is 0 Å². The van der Waals surface area contributed by atoms with Gasteiger partial charge in [0.25, 0.3) is 5.56 Å². The van der Waals surface area contributed by atoms with Crippen molar-refractivity contribution in [3.05, 3.63) is 27.6 Å². The van der Waals surface area contributed by atoms with Crippen molar-refractivity contribution in [2.75, 3.05) is 0 Å². The zero-order valence-electron chi connectivity index (χ0n) is 13.6. The minimum atomic E-state index is -0.510. The lowest BCUT2D eigenvalue weighted by Gasteiger charge is -2.20. The molecule has 0 aliphatic heterocycles. The quantitative estimate of drug-likeness (QED) is 0.736. The van der Waals surface area contributed by atoms with Gasteiger partial charge in [0.1, 0.15) is 17.7 Å². The van der Waals surface area contributed by atoms with Crippen LogP contribution in [0.3, 0.4) is 0 Å². The molecule has 130 valence electrons. The van der Waals surface area contributed by atoms with E-state index in [0.29, 0.717) is 22.0 Å². The van der Waals surface area contributed by atoms with E-state index in [0.717, 1.165) is 18.4 Å². The summed E-state index contributed by atoms with van der Waals surface area (Å²) in [7, 11) is 0. The van der Waals surface area contributed by atoms with Gasteiger partial charge in [0.2, 0.25) is 11.7 Å². The Hall–Kier alpha value is -2.55. The van der Waals surface area contributed by atoms with Crippen molar-refractivity contribution in [2.24, 2.45) is 5.73 Å². The average Bonchev–Trinajstić information content (AvgIpc) is 3.22. The highest BCUT2D eigenvalue weighted by Gasteiger charge is 2.22. The second kappa shape index (κ2) is 6.40. The Morgan fingerprint density at radius 2 is 2.16 bits per heavy atom. The summed E-state index contributed by atoms with van der Waals surface area (Å²) < 4.78 is 1.32. The first-order chi connectivity index (χ1) is 12.1. The van der Waals surface area contributed by atoms with Crippen molar-refractivity contribution in [1.29, 1.82) is 0 Å². The Balaban J connectivity index is 1.72. The number of carbonyl (C=O) groups excluding carboxylic acids is 1. The van der Waals surface area contributed by atoms with Gasteiger partial charge in [-0.15, -0.1) is 16.4 Å². The zero-order valence-corrected chi connectivity index (χ0v) is 14.4. The SMILES string of the molecule is NC(=O)Cn1cnc(-c2nc3scc(C4CCCCC4)c3c(=O)[nH]2)n1. The molecule has 3 aromatic heterocycles. The molecule has 3 aromatic rings. The molecule has 0 unspecified atom stereocenters. The number of hydrogen-bond donors (Lipinski definition) is 2. The van der Waals surface area contributed by atoms with Crippen LogP contribution in [0.15, 0.2) is 16.5 Å². The molecule has 0 atom stereocenters. The fourth-order valence-corrected chi connectivity index (χ4v) is 4.45. The normalized spacial score (nSPS) is 15.7. The number of amides is 1. The zero-order chi connectivity index (χ0) is 17.4. The van der Waals surface area contributed by atoms with Crippen LogP contribution in [0, 0.1) is 0 Å². The largest absolute Gasteiger partial charge is 0.368 e. The fraction of sp³-hybridized carbons (Fsp3) is 0.438. The predicted octanol–water partition coefficient (Wildman–Crippen LogP) is 1.78. The van der Waals surface area contributed by atoms with E-state index in [-0.39, 0.29) is 17.9 Å². The van der Waals surface area contributed by atoms with E-state index in [1.807, 2.05) is 0 Å². The van der Waals surface area contributed by atoms with E-state index in [4.69, 9.17) is 5.73 Å². The van der Waals surface area contributed by atoms with E-state index in [1.54, 1.807) is 0 Å². The maximum absolute atomic E-state index is 12.7. The third-order valence-corrected chi connectivity index (χ3v) is 5.47. The Bertz CT molecular complexity index is 982. The lowest BCUT2D eigenvalue weighted by Crippen LogP contribution is -2.19. The molecule has 1 saturated carbocycles. The molecule has 0 saturated heterocycles. The number of nitrogens with zero attached hydrogens (tertiary/aromatic N) is 4. The van der Waals surface area contributed by atoms with Crippen molar-refractivity contribution >= 4 is 27.5 Å². The summed E-state index contributed by atoms with van der Waals surface area (Å²) >= 11 is 1.48. The highest BCUT2D eigenvalue weighted by atomic mass is 32.1. The number of thiophene rings is 1. The van der Waals surface area contributed by atoms with E-state index in [2.05, 4.69) is 25.4 Å². The highest BCUT2D eigenvalue weighted by Crippen LogP contribution is 2.37. The van der Waals surface area contributed by atoms with Gasteiger partial charge < -0.3 is 10.7 Å². The van der Waals surface area contributed by atoms with Gasteiger partial charge in [-0.3, -0.25) is 9.59 Å². The monoisotopic (exact) mass is 358 g/mol. The van der Waals surface area contributed by atoms with Crippen LogP contribution in [0.4, 0.5) is 0 Å². The first-order valence-electron chi connectivity index (χ1n) is 8.31. The topological polar surface area (TPSA) is 120 Å². The van der Waals surface area contributed by atoms with Crippen molar-refractivity contribution in [1.82, 2.24) is 24.7 Å². The second-order valence-electron chi connectivity index (χ2n) is 6.35. The molecule has 9 heteroatoms. The van der Waals surface area contributed by atoms with E-state index in [1.165, 1.54) is 41.6 Å².